The Morgan fingerprint density at radius 1 is 1.31 bits per heavy atom. The number of hydrogen-bond donors (Lipinski definition) is 0. The molecule has 0 aliphatic rings. The summed E-state index contributed by atoms with van der Waals surface area (Å²) < 4.78 is 26.5. The maximum absolute atomic E-state index is 13.1. The summed E-state index contributed by atoms with van der Waals surface area (Å²) in [6, 6.07) is 5.03. The van der Waals surface area contributed by atoms with Crippen molar-refractivity contribution in [3.63, 3.8) is 0 Å². The Morgan fingerprint density at radius 3 is 2.77 bits per heavy atom. The number of benzene rings is 1. The molecule has 1 aromatic heterocycles. The van der Waals surface area contributed by atoms with Crippen molar-refractivity contribution >= 4 is 33.0 Å². The summed E-state index contributed by atoms with van der Waals surface area (Å²) in [6.07, 6.45) is 0. The molecule has 0 aliphatic carbocycles. The zero-order valence-corrected chi connectivity index (χ0v) is 8.05. The fourth-order valence-electron chi connectivity index (χ4n) is 1.17. The monoisotopic (exact) mass is 218 g/mol. The third-order valence-electron chi connectivity index (χ3n) is 1.81. The Hall–Kier alpha value is -0.670. The van der Waals surface area contributed by atoms with E-state index in [0.717, 1.165) is 16.9 Å². The fourth-order valence-corrected chi connectivity index (χ4v) is 2.12. The second-order valence-corrected chi connectivity index (χ2v) is 3.92. The molecule has 2 rings (SSSR count). The molecule has 2 aromatic rings. The van der Waals surface area contributed by atoms with Gasteiger partial charge in [0, 0.05) is 16.0 Å². The molecule has 13 heavy (non-hydrogen) atoms. The zero-order valence-electron chi connectivity index (χ0n) is 6.48. The van der Waals surface area contributed by atoms with Crippen LogP contribution in [-0.4, -0.2) is 0 Å². The Kier molecular flexibility index (Phi) is 2.22. The average molecular weight is 219 g/mol. The quantitative estimate of drug-likeness (QED) is 0.637. The van der Waals surface area contributed by atoms with Crippen LogP contribution in [0.2, 0.25) is 0 Å². The molecule has 68 valence electrons. The average Bonchev–Trinajstić information content (AvgIpc) is 2.43. The molecule has 0 saturated heterocycles. The molecular formula is C9H5ClF2S. The van der Waals surface area contributed by atoms with Crippen LogP contribution in [0.15, 0.2) is 18.2 Å². The van der Waals surface area contributed by atoms with E-state index in [-0.39, 0.29) is 0 Å². The van der Waals surface area contributed by atoms with Crippen LogP contribution in [0.5, 0.6) is 0 Å². The Balaban J connectivity index is 2.75. The summed E-state index contributed by atoms with van der Waals surface area (Å²) in [5, 5.41) is -0.442. The second-order valence-electron chi connectivity index (χ2n) is 2.65. The van der Waals surface area contributed by atoms with E-state index < -0.39 is 10.9 Å². The van der Waals surface area contributed by atoms with Crippen LogP contribution in [0.1, 0.15) is 5.56 Å². The van der Waals surface area contributed by atoms with Crippen LogP contribution in [-0.2, 0) is 5.88 Å². The predicted octanol–water partition coefficient (Wildman–Crippen LogP) is 3.92. The van der Waals surface area contributed by atoms with Gasteiger partial charge in [-0.2, -0.15) is 4.39 Å². The number of rotatable bonds is 1. The van der Waals surface area contributed by atoms with Crippen molar-refractivity contribution in [2.75, 3.05) is 0 Å². The van der Waals surface area contributed by atoms with Crippen LogP contribution in [0.25, 0.3) is 10.1 Å². The fraction of sp³-hybridized carbons (Fsp3) is 0.111. The number of halogens is 3. The van der Waals surface area contributed by atoms with Gasteiger partial charge in [-0.25, -0.2) is 4.39 Å². The lowest BCUT2D eigenvalue weighted by atomic mass is 10.2. The lowest BCUT2D eigenvalue weighted by Crippen LogP contribution is -1.77. The lowest BCUT2D eigenvalue weighted by molar-refractivity contribution is 0.538. The van der Waals surface area contributed by atoms with E-state index >= 15 is 0 Å². The minimum Gasteiger partial charge on any atom is -0.202 e. The summed E-state index contributed by atoms with van der Waals surface area (Å²) in [4.78, 5) is 0. The topological polar surface area (TPSA) is 0 Å². The first kappa shape index (κ1) is 8.91. The highest BCUT2D eigenvalue weighted by Crippen LogP contribution is 2.29. The van der Waals surface area contributed by atoms with Crippen molar-refractivity contribution in [3.8, 4) is 0 Å². The van der Waals surface area contributed by atoms with E-state index in [1.54, 1.807) is 18.2 Å². The summed E-state index contributed by atoms with van der Waals surface area (Å²) in [5.74, 6) is -0.459. The Labute approximate surface area is 82.8 Å². The molecule has 0 unspecified atom stereocenters. The van der Waals surface area contributed by atoms with Crippen molar-refractivity contribution in [1.82, 2.24) is 0 Å². The third-order valence-corrected chi connectivity index (χ3v) is 3.05. The molecule has 0 aliphatic heterocycles. The first-order valence-corrected chi connectivity index (χ1v) is 5.00. The van der Waals surface area contributed by atoms with E-state index in [9.17, 15) is 8.78 Å². The predicted molar refractivity (Wildman–Crippen MR) is 51.3 cm³/mol. The third kappa shape index (κ3) is 1.42. The summed E-state index contributed by atoms with van der Waals surface area (Å²) >= 11 is 6.39. The maximum atomic E-state index is 13.1. The highest BCUT2D eigenvalue weighted by Gasteiger charge is 2.11. The van der Waals surface area contributed by atoms with E-state index in [0.29, 0.717) is 16.0 Å². The van der Waals surface area contributed by atoms with Gasteiger partial charge in [-0.05, 0) is 17.7 Å². The second kappa shape index (κ2) is 3.24. The molecule has 0 bridgehead atoms. The Bertz CT molecular complexity index is 450. The van der Waals surface area contributed by atoms with Gasteiger partial charge in [-0.3, -0.25) is 0 Å². The van der Waals surface area contributed by atoms with E-state index in [1.165, 1.54) is 0 Å². The van der Waals surface area contributed by atoms with Gasteiger partial charge in [0.25, 0.3) is 0 Å². The van der Waals surface area contributed by atoms with E-state index in [4.69, 9.17) is 11.6 Å². The van der Waals surface area contributed by atoms with Gasteiger partial charge in [-0.1, -0.05) is 6.07 Å². The number of thiophene rings is 1. The van der Waals surface area contributed by atoms with Gasteiger partial charge in [0.05, 0.1) is 0 Å². The van der Waals surface area contributed by atoms with Gasteiger partial charge in [0.15, 0.2) is 5.82 Å². The Morgan fingerprint density at radius 2 is 2.08 bits per heavy atom. The molecule has 0 radical (unpaired) electrons. The molecule has 0 saturated carbocycles. The standard InChI is InChI=1S/C9H5ClF2S/c10-4-5-1-2-7-6(3-5)8(11)9(12)13-7/h1-3H,4H2. The maximum Gasteiger partial charge on any atom is 0.213 e. The first-order chi connectivity index (χ1) is 6.22. The molecule has 0 fully saturated rings. The first-order valence-electron chi connectivity index (χ1n) is 3.65. The molecule has 0 spiro atoms. The highest BCUT2D eigenvalue weighted by atomic mass is 35.5. The summed E-state index contributed by atoms with van der Waals surface area (Å²) in [7, 11) is 0. The van der Waals surface area contributed by atoms with Crippen molar-refractivity contribution in [2.45, 2.75) is 5.88 Å². The molecule has 1 aromatic carbocycles. The smallest absolute Gasteiger partial charge is 0.202 e. The summed E-state index contributed by atoms with van der Waals surface area (Å²) in [6.45, 7) is 0. The number of fused-ring (bicyclic) bond motifs is 1. The minimum absolute atomic E-state index is 0.312. The molecule has 0 atom stereocenters. The largest absolute Gasteiger partial charge is 0.213 e. The minimum atomic E-state index is -0.771. The normalized spacial score (nSPS) is 11.0. The van der Waals surface area contributed by atoms with Crippen LogP contribution < -0.4 is 0 Å². The number of hydrogen-bond acceptors (Lipinski definition) is 1. The zero-order chi connectivity index (χ0) is 9.42. The van der Waals surface area contributed by atoms with Gasteiger partial charge in [-0.15, -0.1) is 22.9 Å². The van der Waals surface area contributed by atoms with Gasteiger partial charge in [0.1, 0.15) is 0 Å². The molecule has 0 amide bonds. The molecular weight excluding hydrogens is 214 g/mol. The number of alkyl halides is 1. The van der Waals surface area contributed by atoms with Crippen molar-refractivity contribution in [3.05, 3.63) is 34.7 Å². The van der Waals surface area contributed by atoms with E-state index in [2.05, 4.69) is 0 Å². The molecule has 1 heterocycles. The van der Waals surface area contributed by atoms with Gasteiger partial charge in [0.2, 0.25) is 5.13 Å². The summed E-state index contributed by atoms with van der Waals surface area (Å²) in [5.41, 5.74) is 0.797. The van der Waals surface area contributed by atoms with Gasteiger partial charge < -0.3 is 0 Å². The van der Waals surface area contributed by atoms with Crippen molar-refractivity contribution in [2.24, 2.45) is 0 Å². The van der Waals surface area contributed by atoms with Crippen LogP contribution in [0.3, 0.4) is 0 Å². The van der Waals surface area contributed by atoms with Crippen molar-refractivity contribution in [1.29, 1.82) is 0 Å². The molecule has 4 heteroatoms. The van der Waals surface area contributed by atoms with Gasteiger partial charge >= 0.3 is 0 Å². The van der Waals surface area contributed by atoms with Crippen LogP contribution >= 0.6 is 22.9 Å². The van der Waals surface area contributed by atoms with Crippen LogP contribution in [0.4, 0.5) is 8.78 Å². The van der Waals surface area contributed by atoms with E-state index in [1.807, 2.05) is 0 Å². The molecule has 0 nitrogen and oxygen atoms in total. The molecule has 0 N–H and O–H groups in total. The van der Waals surface area contributed by atoms with Crippen molar-refractivity contribution < 1.29 is 8.78 Å². The SMILES string of the molecule is Fc1sc2ccc(CCl)cc2c1F. The highest BCUT2D eigenvalue weighted by molar-refractivity contribution is 7.17. The lowest BCUT2D eigenvalue weighted by Gasteiger charge is -1.94. The van der Waals surface area contributed by atoms with Crippen LogP contribution in [0, 0.1) is 10.9 Å².